The summed E-state index contributed by atoms with van der Waals surface area (Å²) in [4.78, 5) is 11.0. The number of nitrogens with zero attached hydrogens (tertiary/aromatic N) is 3. The van der Waals surface area contributed by atoms with Crippen LogP contribution >= 0.6 is 11.6 Å². The first-order chi connectivity index (χ1) is 8.14. The van der Waals surface area contributed by atoms with E-state index < -0.39 is 0 Å². The highest BCUT2D eigenvalue weighted by Crippen LogP contribution is 2.48. The minimum absolute atomic E-state index is 0.299. The van der Waals surface area contributed by atoms with Gasteiger partial charge in [-0.25, -0.2) is 4.98 Å². The highest BCUT2D eigenvalue weighted by atomic mass is 35.5. The molecule has 4 nitrogen and oxygen atoms in total. The van der Waals surface area contributed by atoms with Crippen LogP contribution in [0.3, 0.4) is 0 Å². The highest BCUT2D eigenvalue weighted by molar-refractivity contribution is 6.28. The lowest BCUT2D eigenvalue weighted by Gasteiger charge is -2.34. The molecule has 1 fully saturated rings. The van der Waals surface area contributed by atoms with Crippen molar-refractivity contribution in [1.29, 1.82) is 0 Å². The first kappa shape index (κ1) is 11.2. The van der Waals surface area contributed by atoms with Crippen LogP contribution in [-0.4, -0.2) is 34.1 Å². The van der Waals surface area contributed by atoms with Crippen LogP contribution in [0.2, 0.25) is 5.28 Å². The first-order valence-corrected chi connectivity index (χ1v) is 6.42. The van der Waals surface area contributed by atoms with Crippen molar-refractivity contribution in [3.05, 3.63) is 16.5 Å². The maximum Gasteiger partial charge on any atom is 0.225 e. The van der Waals surface area contributed by atoms with Crippen LogP contribution in [0.1, 0.15) is 31.0 Å². The number of fused-ring (bicyclic) bond motifs is 1. The van der Waals surface area contributed by atoms with Crippen molar-refractivity contribution in [2.75, 3.05) is 13.7 Å². The summed E-state index contributed by atoms with van der Waals surface area (Å²) in [6, 6.07) is 0. The lowest BCUT2D eigenvalue weighted by Crippen LogP contribution is -2.40. The second-order valence-electron chi connectivity index (χ2n) is 4.91. The normalized spacial score (nSPS) is 21.4. The number of ether oxygens (including phenoxy) is 1. The van der Waals surface area contributed by atoms with Crippen LogP contribution in [0.5, 0.6) is 5.88 Å². The molecule has 17 heavy (non-hydrogen) atoms. The monoisotopic (exact) mass is 253 g/mol. The van der Waals surface area contributed by atoms with Crippen molar-refractivity contribution in [1.82, 2.24) is 14.9 Å². The maximum atomic E-state index is 5.95. The van der Waals surface area contributed by atoms with E-state index in [4.69, 9.17) is 16.3 Å². The molecule has 2 heterocycles. The molecule has 92 valence electrons. The fraction of sp³-hybridized carbons (Fsp3) is 0.667. The Kier molecular flexibility index (Phi) is 2.52. The van der Waals surface area contributed by atoms with Crippen molar-refractivity contribution in [3.8, 4) is 5.88 Å². The van der Waals surface area contributed by atoms with E-state index in [1.807, 2.05) is 6.92 Å². The van der Waals surface area contributed by atoms with Gasteiger partial charge in [0.25, 0.3) is 0 Å². The van der Waals surface area contributed by atoms with Gasteiger partial charge < -0.3 is 4.74 Å². The lowest BCUT2D eigenvalue weighted by molar-refractivity contribution is 0.185. The molecular weight excluding hydrogens is 238 g/mol. The molecular formula is C12H16ClN3O. The Morgan fingerprint density at radius 3 is 2.82 bits per heavy atom. The second kappa shape index (κ2) is 3.82. The van der Waals surface area contributed by atoms with Crippen molar-refractivity contribution < 1.29 is 4.74 Å². The van der Waals surface area contributed by atoms with E-state index in [0.29, 0.717) is 23.3 Å². The summed E-state index contributed by atoms with van der Waals surface area (Å²) < 4.78 is 5.56. The van der Waals surface area contributed by atoms with Crippen LogP contribution in [0, 0.1) is 0 Å². The third-order valence-electron chi connectivity index (χ3n) is 3.84. The molecule has 2 aliphatic rings. The smallest absolute Gasteiger partial charge is 0.225 e. The number of rotatable bonds is 2. The summed E-state index contributed by atoms with van der Waals surface area (Å²) in [6.45, 7) is 3.42. The van der Waals surface area contributed by atoms with E-state index in [1.54, 1.807) is 0 Å². The zero-order valence-electron chi connectivity index (χ0n) is 10.2. The zero-order valence-corrected chi connectivity index (χ0v) is 10.9. The number of hydrogen-bond acceptors (Lipinski definition) is 4. The molecule has 1 aromatic heterocycles. The highest BCUT2D eigenvalue weighted by Gasteiger charge is 2.49. The molecule has 1 aromatic rings. The van der Waals surface area contributed by atoms with Gasteiger partial charge in [0, 0.05) is 18.5 Å². The van der Waals surface area contributed by atoms with Crippen molar-refractivity contribution in [2.24, 2.45) is 0 Å². The summed E-state index contributed by atoms with van der Waals surface area (Å²) in [7, 11) is 2.17. The Labute approximate surface area is 106 Å². The number of aromatic nitrogens is 2. The fourth-order valence-electron chi connectivity index (χ4n) is 2.59. The van der Waals surface area contributed by atoms with Gasteiger partial charge in [-0.15, -0.1) is 0 Å². The standard InChI is InChI=1S/C12H16ClN3O/c1-3-17-10-8-7-16(2)12(4-5-12)6-9(8)14-11(13)15-10/h3-7H2,1-2H3. The van der Waals surface area contributed by atoms with E-state index in [2.05, 4.69) is 21.9 Å². The molecule has 1 aliphatic heterocycles. The fourth-order valence-corrected chi connectivity index (χ4v) is 2.77. The molecule has 0 radical (unpaired) electrons. The van der Waals surface area contributed by atoms with Crippen LogP contribution < -0.4 is 4.74 Å². The summed E-state index contributed by atoms with van der Waals surface area (Å²) in [5.41, 5.74) is 2.52. The van der Waals surface area contributed by atoms with Gasteiger partial charge in [-0.1, -0.05) is 0 Å². The first-order valence-electron chi connectivity index (χ1n) is 6.04. The van der Waals surface area contributed by atoms with Gasteiger partial charge in [-0.3, -0.25) is 4.90 Å². The van der Waals surface area contributed by atoms with Gasteiger partial charge >= 0.3 is 0 Å². The Bertz CT molecular complexity index is 459. The average Bonchev–Trinajstić information content (AvgIpc) is 3.02. The van der Waals surface area contributed by atoms with Crippen molar-refractivity contribution in [3.63, 3.8) is 0 Å². The Morgan fingerprint density at radius 2 is 2.18 bits per heavy atom. The molecule has 1 aliphatic carbocycles. The predicted octanol–water partition coefficient (Wildman–Crippen LogP) is 2.05. The maximum absolute atomic E-state index is 5.95. The van der Waals surface area contributed by atoms with Crippen LogP contribution in [0.4, 0.5) is 0 Å². The molecule has 5 heteroatoms. The Balaban J connectivity index is 2.02. The molecule has 0 N–H and O–H groups in total. The Morgan fingerprint density at radius 1 is 1.41 bits per heavy atom. The molecule has 0 unspecified atom stereocenters. The minimum Gasteiger partial charge on any atom is -0.478 e. The van der Waals surface area contributed by atoms with Gasteiger partial charge in [0.15, 0.2) is 0 Å². The largest absolute Gasteiger partial charge is 0.478 e. The van der Waals surface area contributed by atoms with Crippen molar-refractivity contribution >= 4 is 11.6 Å². The van der Waals surface area contributed by atoms with Gasteiger partial charge in [-0.2, -0.15) is 4.98 Å². The van der Waals surface area contributed by atoms with Crippen LogP contribution in [-0.2, 0) is 13.0 Å². The molecule has 0 amide bonds. The van der Waals surface area contributed by atoms with E-state index >= 15 is 0 Å². The summed E-state index contributed by atoms with van der Waals surface area (Å²) >= 11 is 5.95. The third kappa shape index (κ3) is 1.79. The average molecular weight is 254 g/mol. The van der Waals surface area contributed by atoms with E-state index in [-0.39, 0.29) is 0 Å². The summed E-state index contributed by atoms with van der Waals surface area (Å²) in [6.07, 6.45) is 3.49. The summed E-state index contributed by atoms with van der Waals surface area (Å²) in [5.74, 6) is 0.657. The van der Waals surface area contributed by atoms with E-state index in [1.165, 1.54) is 12.8 Å². The topological polar surface area (TPSA) is 38.3 Å². The van der Waals surface area contributed by atoms with Gasteiger partial charge in [0.05, 0.1) is 17.9 Å². The van der Waals surface area contributed by atoms with E-state index in [9.17, 15) is 0 Å². The lowest BCUT2D eigenvalue weighted by atomic mass is 9.98. The summed E-state index contributed by atoms with van der Waals surface area (Å²) in [5, 5.41) is 0.299. The number of likely N-dealkylation sites (N-methyl/N-ethyl adjacent to an activating group) is 1. The van der Waals surface area contributed by atoms with Gasteiger partial charge in [0.2, 0.25) is 11.2 Å². The SMILES string of the molecule is CCOc1nc(Cl)nc2c1CN(C)C1(CC1)C2. The number of hydrogen-bond donors (Lipinski definition) is 0. The third-order valence-corrected chi connectivity index (χ3v) is 4.01. The Hall–Kier alpha value is -0.870. The minimum atomic E-state index is 0.299. The molecule has 3 rings (SSSR count). The van der Waals surface area contributed by atoms with Gasteiger partial charge in [-0.05, 0) is 38.4 Å². The molecule has 1 spiro atoms. The molecule has 0 aromatic carbocycles. The molecule has 0 bridgehead atoms. The zero-order chi connectivity index (χ0) is 12.0. The second-order valence-corrected chi connectivity index (χ2v) is 5.25. The molecule has 1 saturated carbocycles. The van der Waals surface area contributed by atoms with E-state index in [0.717, 1.165) is 24.2 Å². The van der Waals surface area contributed by atoms with Crippen LogP contribution in [0.15, 0.2) is 0 Å². The number of halogens is 1. The molecule has 0 saturated heterocycles. The molecule has 0 atom stereocenters. The van der Waals surface area contributed by atoms with Crippen molar-refractivity contribution in [2.45, 2.75) is 38.3 Å². The van der Waals surface area contributed by atoms with Gasteiger partial charge in [0.1, 0.15) is 0 Å². The quantitative estimate of drug-likeness (QED) is 0.757. The predicted molar refractivity (Wildman–Crippen MR) is 65.3 cm³/mol. The van der Waals surface area contributed by atoms with Crippen LogP contribution in [0.25, 0.3) is 0 Å².